The van der Waals surface area contributed by atoms with E-state index >= 15 is 0 Å². The van der Waals surface area contributed by atoms with E-state index in [9.17, 15) is 4.79 Å². The maximum Gasteiger partial charge on any atom is 0.224 e. The Balaban J connectivity index is 1.86. The van der Waals surface area contributed by atoms with E-state index in [-0.39, 0.29) is 5.91 Å². The highest BCUT2D eigenvalue weighted by Gasteiger charge is 2.08. The van der Waals surface area contributed by atoms with Crippen LogP contribution < -0.4 is 5.32 Å². The van der Waals surface area contributed by atoms with Crippen LogP contribution in [0, 0.1) is 13.8 Å². The number of carbonyl (C=O) groups is 1. The van der Waals surface area contributed by atoms with Crippen molar-refractivity contribution < 1.29 is 4.79 Å². The molecular formula is C19H23NO. The number of carbonyl (C=O) groups excluding carboxylic acids is 1. The number of amides is 1. The first kappa shape index (κ1) is 15.3. The molecule has 0 bridgehead atoms. The lowest BCUT2D eigenvalue weighted by atomic mass is 10.0. The molecule has 0 aliphatic heterocycles. The van der Waals surface area contributed by atoms with E-state index < -0.39 is 0 Å². The molecule has 0 fully saturated rings. The molecule has 1 amide bonds. The van der Waals surface area contributed by atoms with Crippen LogP contribution in [0.1, 0.15) is 35.1 Å². The van der Waals surface area contributed by atoms with Gasteiger partial charge in [-0.1, -0.05) is 55.5 Å². The maximum absolute atomic E-state index is 12.0. The normalized spacial score (nSPS) is 12.0. The largest absolute Gasteiger partial charge is 0.355 e. The predicted octanol–water partition coefficient (Wildman–Crippen LogP) is 3.77. The summed E-state index contributed by atoms with van der Waals surface area (Å²) in [5, 5.41) is 3.02. The summed E-state index contributed by atoms with van der Waals surface area (Å²) in [5.74, 6) is 0.413. The minimum absolute atomic E-state index is 0.0843. The molecule has 110 valence electrons. The minimum atomic E-state index is 0.0843. The second-order valence-electron chi connectivity index (χ2n) is 5.71. The third-order valence-electron chi connectivity index (χ3n) is 3.91. The first-order chi connectivity index (χ1) is 10.1. The van der Waals surface area contributed by atoms with Gasteiger partial charge >= 0.3 is 0 Å². The Morgan fingerprint density at radius 2 is 1.76 bits per heavy atom. The van der Waals surface area contributed by atoms with Crippen molar-refractivity contribution in [3.05, 3.63) is 70.8 Å². The molecular weight excluding hydrogens is 258 g/mol. The lowest BCUT2D eigenvalue weighted by Crippen LogP contribution is -2.28. The molecule has 1 N–H and O–H groups in total. The van der Waals surface area contributed by atoms with Crippen LogP contribution in [0.5, 0.6) is 0 Å². The average Bonchev–Trinajstić information content (AvgIpc) is 2.49. The maximum atomic E-state index is 12.0. The summed E-state index contributed by atoms with van der Waals surface area (Å²) in [5.41, 5.74) is 4.82. The Bertz CT molecular complexity index is 604. The topological polar surface area (TPSA) is 29.1 Å². The van der Waals surface area contributed by atoms with Gasteiger partial charge in [-0.05, 0) is 42.0 Å². The van der Waals surface area contributed by atoms with E-state index in [1.54, 1.807) is 0 Å². The molecule has 0 radical (unpaired) electrons. The number of rotatable bonds is 5. The third kappa shape index (κ3) is 4.45. The van der Waals surface area contributed by atoms with Crippen LogP contribution in [0.2, 0.25) is 0 Å². The fourth-order valence-electron chi connectivity index (χ4n) is 2.33. The van der Waals surface area contributed by atoms with E-state index in [0.29, 0.717) is 18.9 Å². The Morgan fingerprint density at radius 3 is 2.43 bits per heavy atom. The molecule has 0 heterocycles. The lowest BCUT2D eigenvalue weighted by Gasteiger charge is -2.13. The molecule has 2 nitrogen and oxygen atoms in total. The summed E-state index contributed by atoms with van der Waals surface area (Å²) < 4.78 is 0. The number of benzene rings is 2. The molecule has 0 aliphatic rings. The van der Waals surface area contributed by atoms with E-state index in [0.717, 1.165) is 5.56 Å². The van der Waals surface area contributed by atoms with Crippen LogP contribution in [0.15, 0.2) is 48.5 Å². The fraction of sp³-hybridized carbons (Fsp3) is 0.316. The van der Waals surface area contributed by atoms with Crippen molar-refractivity contribution in [2.45, 2.75) is 33.1 Å². The molecule has 0 aliphatic carbocycles. The van der Waals surface area contributed by atoms with Gasteiger partial charge in [0.1, 0.15) is 0 Å². The molecule has 2 aromatic rings. The summed E-state index contributed by atoms with van der Waals surface area (Å²) in [7, 11) is 0. The van der Waals surface area contributed by atoms with Gasteiger partial charge in [0.15, 0.2) is 0 Å². The van der Waals surface area contributed by atoms with E-state index in [2.05, 4.69) is 50.4 Å². The second-order valence-corrected chi connectivity index (χ2v) is 5.71. The van der Waals surface area contributed by atoms with Crippen LogP contribution >= 0.6 is 0 Å². The first-order valence-corrected chi connectivity index (χ1v) is 7.44. The van der Waals surface area contributed by atoms with Crippen molar-refractivity contribution in [1.82, 2.24) is 5.32 Å². The zero-order chi connectivity index (χ0) is 15.2. The van der Waals surface area contributed by atoms with Crippen molar-refractivity contribution in [2.75, 3.05) is 6.54 Å². The van der Waals surface area contributed by atoms with Crippen LogP contribution in [0.25, 0.3) is 0 Å². The highest BCUT2D eigenvalue weighted by atomic mass is 16.1. The third-order valence-corrected chi connectivity index (χ3v) is 3.91. The number of hydrogen-bond donors (Lipinski definition) is 1. The van der Waals surface area contributed by atoms with Gasteiger partial charge < -0.3 is 5.32 Å². The van der Waals surface area contributed by atoms with Crippen molar-refractivity contribution in [1.29, 1.82) is 0 Å². The molecule has 0 spiro atoms. The highest BCUT2D eigenvalue weighted by Crippen LogP contribution is 2.13. The van der Waals surface area contributed by atoms with Crippen molar-refractivity contribution in [3.8, 4) is 0 Å². The quantitative estimate of drug-likeness (QED) is 0.888. The standard InChI is InChI=1S/C19H23NO/c1-14-9-10-17(11-15(14)2)12-19(21)20-13-16(3)18-7-5-4-6-8-18/h4-11,16H,12-13H2,1-3H3,(H,20,21)/t16-/m1/s1. The average molecular weight is 281 g/mol. The van der Waals surface area contributed by atoms with Gasteiger partial charge in [0.25, 0.3) is 0 Å². The number of hydrogen-bond acceptors (Lipinski definition) is 1. The van der Waals surface area contributed by atoms with Crippen molar-refractivity contribution in [3.63, 3.8) is 0 Å². The molecule has 2 rings (SSSR count). The number of aryl methyl sites for hydroxylation is 2. The molecule has 0 aromatic heterocycles. The Morgan fingerprint density at radius 1 is 1.05 bits per heavy atom. The Kier molecular flexibility index (Phi) is 5.15. The summed E-state index contributed by atoms with van der Waals surface area (Å²) in [6.07, 6.45) is 0.447. The van der Waals surface area contributed by atoms with Gasteiger partial charge in [-0.3, -0.25) is 4.79 Å². The Hall–Kier alpha value is -2.09. The molecule has 0 unspecified atom stereocenters. The van der Waals surface area contributed by atoms with Crippen LogP contribution in [0.4, 0.5) is 0 Å². The molecule has 2 heteroatoms. The summed E-state index contributed by atoms with van der Waals surface area (Å²) >= 11 is 0. The van der Waals surface area contributed by atoms with Crippen LogP contribution in [-0.2, 0) is 11.2 Å². The summed E-state index contributed by atoms with van der Waals surface area (Å²) in [6.45, 7) is 6.97. The SMILES string of the molecule is Cc1ccc(CC(=O)NC[C@@H](C)c2ccccc2)cc1C. The zero-order valence-electron chi connectivity index (χ0n) is 13.0. The zero-order valence-corrected chi connectivity index (χ0v) is 13.0. The van der Waals surface area contributed by atoms with Gasteiger partial charge in [0, 0.05) is 6.54 Å². The highest BCUT2D eigenvalue weighted by molar-refractivity contribution is 5.78. The van der Waals surface area contributed by atoms with Crippen molar-refractivity contribution in [2.24, 2.45) is 0 Å². The van der Waals surface area contributed by atoms with Gasteiger partial charge in [0.05, 0.1) is 6.42 Å². The van der Waals surface area contributed by atoms with Gasteiger partial charge in [-0.25, -0.2) is 0 Å². The van der Waals surface area contributed by atoms with E-state index in [1.165, 1.54) is 16.7 Å². The minimum Gasteiger partial charge on any atom is -0.355 e. The predicted molar refractivity (Wildman–Crippen MR) is 87.5 cm³/mol. The van der Waals surface area contributed by atoms with E-state index in [1.807, 2.05) is 24.3 Å². The van der Waals surface area contributed by atoms with Crippen molar-refractivity contribution >= 4 is 5.91 Å². The fourth-order valence-corrected chi connectivity index (χ4v) is 2.33. The molecule has 0 saturated heterocycles. The molecule has 2 aromatic carbocycles. The second kappa shape index (κ2) is 7.07. The van der Waals surface area contributed by atoms with Crippen LogP contribution in [0.3, 0.4) is 0 Å². The van der Waals surface area contributed by atoms with E-state index in [4.69, 9.17) is 0 Å². The van der Waals surface area contributed by atoms with Gasteiger partial charge in [-0.15, -0.1) is 0 Å². The van der Waals surface area contributed by atoms with Crippen LogP contribution in [-0.4, -0.2) is 12.5 Å². The van der Waals surface area contributed by atoms with Gasteiger partial charge in [-0.2, -0.15) is 0 Å². The van der Waals surface area contributed by atoms with Gasteiger partial charge in [0.2, 0.25) is 5.91 Å². The molecule has 0 saturated carbocycles. The smallest absolute Gasteiger partial charge is 0.224 e. The Labute approximate surface area is 127 Å². The first-order valence-electron chi connectivity index (χ1n) is 7.44. The molecule has 1 atom stereocenters. The lowest BCUT2D eigenvalue weighted by molar-refractivity contribution is -0.120. The summed E-state index contributed by atoms with van der Waals surface area (Å²) in [4.78, 5) is 12.0. The summed E-state index contributed by atoms with van der Waals surface area (Å²) in [6, 6.07) is 16.5. The number of nitrogens with one attached hydrogen (secondary N) is 1. The monoisotopic (exact) mass is 281 g/mol. The molecule has 21 heavy (non-hydrogen) atoms.